The molecule has 1 atom stereocenters. The molecule has 0 spiro atoms. The number of rotatable bonds is 16. The van der Waals surface area contributed by atoms with E-state index in [0.29, 0.717) is 91.2 Å². The van der Waals surface area contributed by atoms with Crippen LogP contribution in [-0.2, 0) is 39.6 Å². The second-order valence-corrected chi connectivity index (χ2v) is 15.7. The zero-order valence-electron chi connectivity index (χ0n) is 29.5. The number of carbonyl (C=O) groups excluding carboxylic acids is 4. The van der Waals surface area contributed by atoms with Crippen LogP contribution in [0.5, 0.6) is 0 Å². The number of ether oxygens (including phenoxy) is 2. The van der Waals surface area contributed by atoms with E-state index in [1.165, 1.54) is 0 Å². The first-order chi connectivity index (χ1) is 22.9. The molecule has 0 aromatic heterocycles. The van der Waals surface area contributed by atoms with Gasteiger partial charge in [0.2, 0.25) is 7.37 Å². The van der Waals surface area contributed by atoms with Crippen molar-refractivity contribution < 1.29 is 37.7 Å². The lowest BCUT2D eigenvalue weighted by atomic mass is 10.2. The van der Waals surface area contributed by atoms with Crippen molar-refractivity contribution in [2.45, 2.75) is 59.2 Å². The van der Waals surface area contributed by atoms with Gasteiger partial charge < -0.3 is 28.9 Å². The highest BCUT2D eigenvalue weighted by atomic mass is 31.2. The van der Waals surface area contributed by atoms with E-state index < -0.39 is 19.1 Å². The highest BCUT2D eigenvalue weighted by Gasteiger charge is 2.27. The molecule has 0 bridgehead atoms. The molecule has 1 heterocycles. The number of hydrogen-bond acceptors (Lipinski definition) is 12. The van der Waals surface area contributed by atoms with E-state index in [-0.39, 0.29) is 25.4 Å². The minimum Gasteiger partial charge on any atom is -0.459 e. The van der Waals surface area contributed by atoms with Gasteiger partial charge in [0.1, 0.15) is 24.8 Å². The first-order valence-corrected chi connectivity index (χ1v) is 19.1. The lowest BCUT2D eigenvalue weighted by Gasteiger charge is -2.32. The maximum Gasteiger partial charge on any atom is 0.407 e. The van der Waals surface area contributed by atoms with Gasteiger partial charge in [0.05, 0.1) is 32.5 Å². The van der Waals surface area contributed by atoms with Gasteiger partial charge >= 0.3 is 12.1 Å². The Labute approximate surface area is 287 Å². The van der Waals surface area contributed by atoms with Crippen molar-refractivity contribution >= 4 is 32.0 Å². The summed E-state index contributed by atoms with van der Waals surface area (Å²) in [5.41, 5.74) is 0.293. The molecule has 0 radical (unpaired) electrons. The van der Waals surface area contributed by atoms with Crippen LogP contribution in [0.15, 0.2) is 30.3 Å². The molecule has 1 aliphatic rings. The van der Waals surface area contributed by atoms with E-state index in [2.05, 4.69) is 24.9 Å². The zero-order chi connectivity index (χ0) is 35.3. The second-order valence-electron chi connectivity index (χ2n) is 13.1. The van der Waals surface area contributed by atoms with Crippen molar-refractivity contribution in [3.63, 3.8) is 0 Å². The number of amides is 1. The fourth-order valence-corrected chi connectivity index (χ4v) is 7.84. The molecule has 0 aliphatic carbocycles. The first-order valence-electron chi connectivity index (χ1n) is 17.1. The van der Waals surface area contributed by atoms with Crippen LogP contribution in [-0.4, -0.2) is 147 Å². The van der Waals surface area contributed by atoms with Gasteiger partial charge in [0, 0.05) is 45.4 Å². The van der Waals surface area contributed by atoms with Crippen LogP contribution in [0.3, 0.4) is 0 Å². The number of benzene rings is 1. The number of hydrogen-bond donors (Lipinski definition) is 1. The first kappa shape index (κ1) is 41.5. The Balaban J connectivity index is 2.08. The Morgan fingerprint density at radius 1 is 0.854 bits per heavy atom. The fraction of sp³-hybridized carbons (Fsp3) is 0.706. The highest BCUT2D eigenvalue weighted by molar-refractivity contribution is 7.58. The van der Waals surface area contributed by atoms with Crippen molar-refractivity contribution in [1.29, 1.82) is 0 Å². The smallest absolute Gasteiger partial charge is 0.407 e. The number of nitrogens with zero attached hydrogens (tertiary/aromatic N) is 4. The average molecular weight is 696 g/mol. The number of carbonyl (C=O) groups is 4. The summed E-state index contributed by atoms with van der Waals surface area (Å²) in [6.45, 7) is 13.8. The van der Waals surface area contributed by atoms with Crippen LogP contribution in [0, 0.1) is 0 Å². The summed E-state index contributed by atoms with van der Waals surface area (Å²) >= 11 is 0. The van der Waals surface area contributed by atoms with Crippen LogP contribution in [0.1, 0.15) is 52.5 Å². The summed E-state index contributed by atoms with van der Waals surface area (Å²) in [5.74, 6) is -0.306. The van der Waals surface area contributed by atoms with E-state index in [0.717, 1.165) is 31.0 Å². The predicted octanol–water partition coefficient (Wildman–Crippen LogP) is 3.32. The molecule has 13 nitrogen and oxygen atoms in total. The van der Waals surface area contributed by atoms with Crippen LogP contribution in [0.25, 0.3) is 0 Å². The molecule has 14 heteroatoms. The number of nitrogens with one attached hydrogen (secondary N) is 1. The standard InChI is InChI=1S/C34H58N5O8P/c1-5-46-48(44,27-9-14-35-33(43)45-29-31-12-7-6-8-13-31)30-39-18-11-16-37(24-26-41)20-19-36(23-25-40)15-10-17-38(21-22-39)28-32(42)47-34(2,3)4/h6-8,12-13,25-26H,5,9-11,14-24,27-30H2,1-4H3,(H,35,43). The van der Waals surface area contributed by atoms with Crippen molar-refractivity contribution in [1.82, 2.24) is 24.9 Å². The van der Waals surface area contributed by atoms with Gasteiger partial charge in [-0.25, -0.2) is 4.79 Å². The van der Waals surface area contributed by atoms with Gasteiger partial charge in [-0.15, -0.1) is 0 Å². The largest absolute Gasteiger partial charge is 0.459 e. The third kappa shape index (κ3) is 18.8. The Hall–Kier alpha value is -2.67. The molecule has 1 fully saturated rings. The zero-order valence-corrected chi connectivity index (χ0v) is 30.4. The molecule has 0 saturated carbocycles. The fourth-order valence-electron chi connectivity index (χ4n) is 5.48. The monoisotopic (exact) mass is 695 g/mol. The maximum absolute atomic E-state index is 14.1. The molecule has 1 unspecified atom stereocenters. The Morgan fingerprint density at radius 3 is 2.00 bits per heavy atom. The molecule has 1 N–H and O–H groups in total. The molecule has 272 valence electrons. The molecule has 1 amide bonds. The van der Waals surface area contributed by atoms with E-state index in [9.17, 15) is 23.7 Å². The molecule has 1 aromatic carbocycles. The second kappa shape index (κ2) is 22.9. The quantitative estimate of drug-likeness (QED) is 0.118. The van der Waals surface area contributed by atoms with Gasteiger partial charge in [-0.1, -0.05) is 30.3 Å². The third-order valence-electron chi connectivity index (χ3n) is 7.74. The molecule has 1 saturated heterocycles. The topological polar surface area (TPSA) is 138 Å². The Bertz CT molecular complexity index is 1140. The van der Waals surface area contributed by atoms with Crippen molar-refractivity contribution in [2.24, 2.45) is 0 Å². The summed E-state index contributed by atoms with van der Waals surface area (Å²) in [5, 5.41) is 2.74. The summed E-state index contributed by atoms with van der Waals surface area (Å²) < 4.78 is 30.9. The normalized spacial score (nSPS) is 18.2. The summed E-state index contributed by atoms with van der Waals surface area (Å²) in [6, 6.07) is 9.42. The molecular weight excluding hydrogens is 637 g/mol. The van der Waals surface area contributed by atoms with Crippen molar-refractivity contribution in [3.05, 3.63) is 35.9 Å². The van der Waals surface area contributed by atoms with E-state index in [1.807, 2.05) is 58.0 Å². The van der Waals surface area contributed by atoms with Crippen LogP contribution in [0.2, 0.25) is 0 Å². The average Bonchev–Trinajstić information content (AvgIpc) is 3.02. The highest BCUT2D eigenvalue weighted by Crippen LogP contribution is 2.47. The Kier molecular flexibility index (Phi) is 19.8. The van der Waals surface area contributed by atoms with Crippen molar-refractivity contribution in [2.75, 3.05) is 97.6 Å². The SMILES string of the molecule is CCOP(=O)(CCCNC(=O)OCc1ccccc1)CN1CCCN(CC=O)CCN(CC=O)CCCN(CC(=O)OC(C)(C)C)CC1. The van der Waals surface area contributed by atoms with Crippen LogP contribution < -0.4 is 5.32 Å². The van der Waals surface area contributed by atoms with Gasteiger partial charge in [-0.3, -0.25) is 29.0 Å². The summed E-state index contributed by atoms with van der Waals surface area (Å²) in [7, 11) is -3.11. The minimum atomic E-state index is -3.11. The minimum absolute atomic E-state index is 0.126. The van der Waals surface area contributed by atoms with Gasteiger partial charge in [0.15, 0.2) is 0 Å². The lowest BCUT2D eigenvalue weighted by molar-refractivity contribution is -0.156. The number of esters is 1. The third-order valence-corrected chi connectivity index (χ3v) is 10.3. The molecule has 48 heavy (non-hydrogen) atoms. The summed E-state index contributed by atoms with van der Waals surface area (Å²) in [4.78, 5) is 56.1. The molecular formula is C34H58N5O8P. The summed E-state index contributed by atoms with van der Waals surface area (Å²) in [6.07, 6.45) is 3.72. The predicted molar refractivity (Wildman–Crippen MR) is 186 cm³/mol. The van der Waals surface area contributed by atoms with Crippen LogP contribution in [0.4, 0.5) is 4.79 Å². The molecule has 1 aliphatic heterocycles. The lowest BCUT2D eigenvalue weighted by Crippen LogP contribution is -2.43. The maximum atomic E-state index is 14.1. The van der Waals surface area contributed by atoms with Crippen LogP contribution >= 0.6 is 7.37 Å². The molecule has 1 aromatic rings. The van der Waals surface area contributed by atoms with E-state index in [4.69, 9.17) is 14.0 Å². The van der Waals surface area contributed by atoms with Gasteiger partial charge in [0.25, 0.3) is 0 Å². The van der Waals surface area contributed by atoms with E-state index in [1.54, 1.807) is 0 Å². The Morgan fingerprint density at radius 2 is 1.42 bits per heavy atom. The van der Waals surface area contributed by atoms with Gasteiger partial charge in [-0.05, 0) is 72.2 Å². The number of alkyl carbamates (subject to hydrolysis) is 1. The number of aldehydes is 2. The van der Waals surface area contributed by atoms with Crippen molar-refractivity contribution in [3.8, 4) is 0 Å². The van der Waals surface area contributed by atoms with E-state index >= 15 is 0 Å². The molecule has 2 rings (SSSR count). The van der Waals surface area contributed by atoms with Gasteiger partial charge in [-0.2, -0.15) is 0 Å².